The molecule has 0 aliphatic carbocycles. The lowest BCUT2D eigenvalue weighted by Gasteiger charge is -2.32. The Morgan fingerprint density at radius 3 is 3.04 bits per heavy atom. The van der Waals surface area contributed by atoms with Crippen molar-refractivity contribution in [2.45, 2.75) is 39.7 Å². The summed E-state index contributed by atoms with van der Waals surface area (Å²) in [6.45, 7) is 7.76. The Morgan fingerprint density at radius 1 is 1.46 bits per heavy atom. The molecule has 24 heavy (non-hydrogen) atoms. The topological polar surface area (TPSA) is 89.7 Å². The SMILES string of the molecule is Cc1cc(C(=O)NCC[C@@H]2CCCN(Cc3nc[nH]c3C)C2)n[nH]1. The number of aryl methyl sites for hydroxylation is 2. The van der Waals surface area contributed by atoms with Gasteiger partial charge in [-0.2, -0.15) is 5.10 Å². The van der Waals surface area contributed by atoms with Crippen molar-refractivity contribution < 1.29 is 4.79 Å². The summed E-state index contributed by atoms with van der Waals surface area (Å²) in [5, 5.41) is 9.75. The molecule has 1 amide bonds. The van der Waals surface area contributed by atoms with Crippen LogP contribution in [0.3, 0.4) is 0 Å². The number of nitrogens with one attached hydrogen (secondary N) is 3. The highest BCUT2D eigenvalue weighted by molar-refractivity contribution is 5.92. The van der Waals surface area contributed by atoms with Gasteiger partial charge in [0.15, 0.2) is 0 Å². The molecule has 2 aromatic heterocycles. The Kier molecular flexibility index (Phi) is 5.30. The number of H-pyrrole nitrogens is 2. The second kappa shape index (κ2) is 7.61. The van der Waals surface area contributed by atoms with E-state index >= 15 is 0 Å². The minimum Gasteiger partial charge on any atom is -0.351 e. The molecule has 1 atom stereocenters. The average Bonchev–Trinajstić information content (AvgIpc) is 3.17. The maximum Gasteiger partial charge on any atom is 0.271 e. The summed E-state index contributed by atoms with van der Waals surface area (Å²) in [5.74, 6) is 0.526. The van der Waals surface area contributed by atoms with Gasteiger partial charge in [0.2, 0.25) is 0 Å². The number of aromatic nitrogens is 4. The zero-order valence-corrected chi connectivity index (χ0v) is 14.4. The van der Waals surface area contributed by atoms with Crippen LogP contribution in [0.2, 0.25) is 0 Å². The number of piperidine rings is 1. The average molecular weight is 330 g/mol. The number of nitrogens with zero attached hydrogens (tertiary/aromatic N) is 3. The quantitative estimate of drug-likeness (QED) is 0.753. The Hall–Kier alpha value is -2.15. The molecular formula is C17H26N6O. The van der Waals surface area contributed by atoms with Crippen molar-refractivity contribution in [1.29, 1.82) is 0 Å². The largest absolute Gasteiger partial charge is 0.351 e. The van der Waals surface area contributed by atoms with Crippen molar-refractivity contribution >= 4 is 5.91 Å². The molecule has 3 heterocycles. The summed E-state index contributed by atoms with van der Waals surface area (Å²) in [6, 6.07) is 1.77. The second-order valence-corrected chi connectivity index (χ2v) is 6.70. The van der Waals surface area contributed by atoms with Crippen LogP contribution in [0, 0.1) is 19.8 Å². The first-order valence-electron chi connectivity index (χ1n) is 8.63. The third-order valence-electron chi connectivity index (χ3n) is 4.69. The molecule has 1 saturated heterocycles. The number of likely N-dealkylation sites (tertiary alicyclic amines) is 1. The summed E-state index contributed by atoms with van der Waals surface area (Å²) in [4.78, 5) is 22.0. The van der Waals surface area contributed by atoms with Gasteiger partial charge in [0.1, 0.15) is 5.69 Å². The molecule has 7 heteroatoms. The van der Waals surface area contributed by atoms with E-state index in [0.717, 1.165) is 43.1 Å². The fourth-order valence-corrected chi connectivity index (χ4v) is 3.30. The Balaban J connectivity index is 1.42. The summed E-state index contributed by atoms with van der Waals surface area (Å²) in [7, 11) is 0. The third-order valence-corrected chi connectivity index (χ3v) is 4.69. The number of amides is 1. The van der Waals surface area contributed by atoms with Crippen molar-refractivity contribution in [2.24, 2.45) is 5.92 Å². The molecule has 1 aliphatic heterocycles. The van der Waals surface area contributed by atoms with Crippen LogP contribution in [0.25, 0.3) is 0 Å². The molecule has 0 spiro atoms. The minimum absolute atomic E-state index is 0.0980. The number of imidazole rings is 1. The minimum atomic E-state index is -0.0980. The number of rotatable bonds is 6. The molecule has 7 nitrogen and oxygen atoms in total. The molecule has 2 aromatic rings. The van der Waals surface area contributed by atoms with Crippen LogP contribution >= 0.6 is 0 Å². The summed E-state index contributed by atoms with van der Waals surface area (Å²) < 4.78 is 0. The first-order valence-corrected chi connectivity index (χ1v) is 8.63. The van der Waals surface area contributed by atoms with Crippen molar-refractivity contribution in [3.05, 3.63) is 35.2 Å². The first-order chi connectivity index (χ1) is 11.6. The standard InChI is InChI=1S/C17H26N6O/c1-12-8-15(22-21-12)17(24)18-6-5-14-4-3-7-23(9-14)10-16-13(2)19-11-20-16/h8,11,14H,3-7,9-10H2,1-2H3,(H,18,24)(H,19,20)(H,21,22)/t14-/m0/s1. The van der Waals surface area contributed by atoms with Gasteiger partial charge in [0.05, 0.1) is 12.0 Å². The van der Waals surface area contributed by atoms with Gasteiger partial charge in [0, 0.05) is 31.0 Å². The summed E-state index contributed by atoms with van der Waals surface area (Å²) in [6.07, 6.45) is 5.21. The van der Waals surface area contributed by atoms with E-state index < -0.39 is 0 Å². The molecule has 0 saturated carbocycles. The zero-order valence-electron chi connectivity index (χ0n) is 14.4. The summed E-state index contributed by atoms with van der Waals surface area (Å²) in [5.41, 5.74) is 3.65. The molecule has 0 unspecified atom stereocenters. The molecule has 130 valence electrons. The zero-order chi connectivity index (χ0) is 16.9. The van der Waals surface area contributed by atoms with Crippen molar-refractivity contribution in [3.63, 3.8) is 0 Å². The van der Waals surface area contributed by atoms with Gasteiger partial charge in [-0.15, -0.1) is 0 Å². The normalized spacial score (nSPS) is 18.7. The molecule has 1 aliphatic rings. The van der Waals surface area contributed by atoms with Crippen LogP contribution < -0.4 is 5.32 Å². The molecule has 1 fully saturated rings. The lowest BCUT2D eigenvalue weighted by atomic mass is 9.94. The number of carbonyl (C=O) groups is 1. The Morgan fingerprint density at radius 2 is 2.33 bits per heavy atom. The van der Waals surface area contributed by atoms with Crippen molar-refractivity contribution in [2.75, 3.05) is 19.6 Å². The van der Waals surface area contributed by atoms with Crippen LogP contribution in [-0.4, -0.2) is 50.6 Å². The first kappa shape index (κ1) is 16.7. The Bertz CT molecular complexity index is 676. The van der Waals surface area contributed by atoms with E-state index in [4.69, 9.17) is 0 Å². The lowest BCUT2D eigenvalue weighted by Crippen LogP contribution is -2.37. The van der Waals surface area contributed by atoms with Gasteiger partial charge in [0.25, 0.3) is 5.91 Å². The Labute approximate surface area is 142 Å². The van der Waals surface area contributed by atoms with E-state index in [-0.39, 0.29) is 5.91 Å². The maximum atomic E-state index is 12.0. The highest BCUT2D eigenvalue weighted by Gasteiger charge is 2.21. The van der Waals surface area contributed by atoms with Crippen LogP contribution in [0.4, 0.5) is 0 Å². The fraction of sp³-hybridized carbons (Fsp3) is 0.588. The predicted octanol–water partition coefficient (Wildman–Crippen LogP) is 1.78. The molecule has 3 rings (SSSR count). The molecule has 0 aromatic carbocycles. The highest BCUT2D eigenvalue weighted by atomic mass is 16.1. The van der Waals surface area contributed by atoms with Crippen molar-refractivity contribution in [1.82, 2.24) is 30.4 Å². The number of carbonyl (C=O) groups excluding carboxylic acids is 1. The molecule has 0 radical (unpaired) electrons. The van der Waals surface area contributed by atoms with E-state index in [1.165, 1.54) is 12.8 Å². The monoisotopic (exact) mass is 330 g/mol. The van der Waals surface area contributed by atoms with Crippen LogP contribution in [0.5, 0.6) is 0 Å². The molecule has 0 bridgehead atoms. The van der Waals surface area contributed by atoms with Crippen LogP contribution in [-0.2, 0) is 6.54 Å². The number of hydrogen-bond donors (Lipinski definition) is 3. The van der Waals surface area contributed by atoms with E-state index in [0.29, 0.717) is 18.2 Å². The van der Waals surface area contributed by atoms with E-state index in [2.05, 4.69) is 37.3 Å². The van der Waals surface area contributed by atoms with E-state index in [1.54, 1.807) is 12.4 Å². The van der Waals surface area contributed by atoms with Gasteiger partial charge in [-0.3, -0.25) is 14.8 Å². The summed E-state index contributed by atoms with van der Waals surface area (Å²) >= 11 is 0. The molecular weight excluding hydrogens is 304 g/mol. The van der Waals surface area contributed by atoms with E-state index in [1.807, 2.05) is 6.92 Å². The van der Waals surface area contributed by atoms with Gasteiger partial charge in [-0.1, -0.05) is 0 Å². The van der Waals surface area contributed by atoms with Gasteiger partial charge >= 0.3 is 0 Å². The lowest BCUT2D eigenvalue weighted by molar-refractivity contribution is 0.0941. The molecule has 3 N–H and O–H groups in total. The van der Waals surface area contributed by atoms with Gasteiger partial charge in [-0.25, -0.2) is 4.98 Å². The maximum absolute atomic E-state index is 12.0. The fourth-order valence-electron chi connectivity index (χ4n) is 3.30. The van der Waals surface area contributed by atoms with Gasteiger partial charge in [-0.05, 0) is 51.6 Å². The van der Waals surface area contributed by atoms with Crippen LogP contribution in [0.15, 0.2) is 12.4 Å². The van der Waals surface area contributed by atoms with Crippen molar-refractivity contribution in [3.8, 4) is 0 Å². The second-order valence-electron chi connectivity index (χ2n) is 6.70. The van der Waals surface area contributed by atoms with E-state index in [9.17, 15) is 4.79 Å². The third kappa shape index (κ3) is 4.23. The predicted molar refractivity (Wildman–Crippen MR) is 91.6 cm³/mol. The smallest absolute Gasteiger partial charge is 0.271 e. The van der Waals surface area contributed by atoms with Gasteiger partial charge < -0.3 is 10.3 Å². The number of hydrogen-bond acceptors (Lipinski definition) is 4. The highest BCUT2D eigenvalue weighted by Crippen LogP contribution is 2.21. The number of aromatic amines is 2. The van der Waals surface area contributed by atoms with Crippen LogP contribution in [0.1, 0.15) is 46.8 Å².